The Morgan fingerprint density at radius 1 is 1.21 bits per heavy atom. The molecule has 3 heterocycles. The second kappa shape index (κ2) is 7.08. The van der Waals surface area contributed by atoms with Crippen molar-refractivity contribution in [3.8, 4) is 0 Å². The van der Waals surface area contributed by atoms with Crippen molar-refractivity contribution in [3.63, 3.8) is 0 Å². The Bertz CT molecular complexity index is 1120. The van der Waals surface area contributed by atoms with E-state index in [4.69, 9.17) is 4.74 Å². The van der Waals surface area contributed by atoms with Gasteiger partial charge in [-0.2, -0.15) is 0 Å². The molecule has 1 unspecified atom stereocenters. The maximum absolute atomic E-state index is 12.9. The molecule has 2 amide bonds. The van der Waals surface area contributed by atoms with Crippen molar-refractivity contribution in [2.45, 2.75) is 26.1 Å². The average Bonchev–Trinajstić information content (AvgIpc) is 3.11. The molecule has 0 bridgehead atoms. The van der Waals surface area contributed by atoms with Gasteiger partial charge in [0.15, 0.2) is 0 Å². The van der Waals surface area contributed by atoms with Gasteiger partial charge < -0.3 is 20.3 Å². The Morgan fingerprint density at radius 2 is 2.03 bits per heavy atom. The molecule has 1 atom stereocenters. The fourth-order valence-corrected chi connectivity index (χ4v) is 5.33. The van der Waals surface area contributed by atoms with E-state index in [1.165, 1.54) is 5.39 Å². The number of nitrogens with zero attached hydrogens (tertiary/aromatic N) is 1. The Labute approximate surface area is 172 Å². The molecule has 29 heavy (non-hydrogen) atoms. The van der Waals surface area contributed by atoms with E-state index >= 15 is 0 Å². The average molecular weight is 407 g/mol. The second-order valence-corrected chi connectivity index (χ2v) is 8.34. The van der Waals surface area contributed by atoms with Crippen LogP contribution in [-0.2, 0) is 17.7 Å². The van der Waals surface area contributed by atoms with Crippen molar-refractivity contribution in [1.29, 1.82) is 0 Å². The summed E-state index contributed by atoms with van der Waals surface area (Å²) in [5.74, 6) is -0.0565. The first kappa shape index (κ1) is 18.0. The summed E-state index contributed by atoms with van der Waals surface area (Å²) < 4.78 is 5.13. The van der Waals surface area contributed by atoms with Crippen molar-refractivity contribution >= 4 is 39.1 Å². The zero-order chi connectivity index (χ0) is 20.0. The Morgan fingerprint density at radius 3 is 2.86 bits per heavy atom. The van der Waals surface area contributed by atoms with Crippen molar-refractivity contribution in [1.82, 2.24) is 10.2 Å². The Hall–Kier alpha value is -3.06. The molecular weight excluding hydrogens is 386 g/mol. The number of fused-ring (bicyclic) bond motifs is 4. The summed E-state index contributed by atoms with van der Waals surface area (Å²) in [5.41, 5.74) is 2.79. The first-order chi connectivity index (χ1) is 14.1. The summed E-state index contributed by atoms with van der Waals surface area (Å²) in [4.78, 5) is 27.8. The molecule has 0 saturated carbocycles. The van der Waals surface area contributed by atoms with Crippen LogP contribution < -0.4 is 10.6 Å². The van der Waals surface area contributed by atoms with E-state index in [9.17, 15) is 9.59 Å². The van der Waals surface area contributed by atoms with Gasteiger partial charge >= 0.3 is 6.09 Å². The smallest absolute Gasteiger partial charge is 0.410 e. The number of hydrogen-bond acceptors (Lipinski definition) is 5. The summed E-state index contributed by atoms with van der Waals surface area (Å²) in [6.07, 6.45) is 0.0901. The minimum atomic E-state index is -0.295. The third kappa shape index (κ3) is 3.11. The number of rotatable bonds is 2. The maximum Gasteiger partial charge on any atom is 0.410 e. The minimum absolute atomic E-state index is 0.0565. The van der Waals surface area contributed by atoms with Gasteiger partial charge in [-0.05, 0) is 41.3 Å². The van der Waals surface area contributed by atoms with Gasteiger partial charge in [0.05, 0.1) is 18.7 Å². The van der Waals surface area contributed by atoms with Crippen LogP contribution >= 0.6 is 11.3 Å². The molecule has 2 aliphatic heterocycles. The van der Waals surface area contributed by atoms with Gasteiger partial charge in [0.2, 0.25) is 0 Å². The van der Waals surface area contributed by atoms with E-state index in [0.29, 0.717) is 26.1 Å². The summed E-state index contributed by atoms with van der Waals surface area (Å²) in [6, 6.07) is 14.4. The highest BCUT2D eigenvalue weighted by molar-refractivity contribution is 7.16. The van der Waals surface area contributed by atoms with Crippen molar-refractivity contribution in [2.75, 3.05) is 18.5 Å². The van der Waals surface area contributed by atoms with Gasteiger partial charge in [0.1, 0.15) is 11.2 Å². The van der Waals surface area contributed by atoms with E-state index in [1.54, 1.807) is 23.2 Å². The van der Waals surface area contributed by atoms with Gasteiger partial charge in [0, 0.05) is 11.4 Å². The summed E-state index contributed by atoms with van der Waals surface area (Å²) >= 11 is 1.56. The number of carbonyl (C=O) groups is 2. The van der Waals surface area contributed by atoms with Gasteiger partial charge in [0.25, 0.3) is 5.91 Å². The second-order valence-electron chi connectivity index (χ2n) is 7.24. The fraction of sp³-hybridized carbons (Fsp3) is 0.273. The van der Waals surface area contributed by atoms with Crippen LogP contribution in [0.5, 0.6) is 0 Å². The van der Waals surface area contributed by atoms with E-state index in [2.05, 4.69) is 34.9 Å². The Balaban J connectivity index is 1.43. The number of ether oxygens (including phenoxy) is 1. The third-order valence-corrected chi connectivity index (χ3v) is 6.62. The number of thiophene rings is 1. The normalized spacial score (nSPS) is 17.9. The van der Waals surface area contributed by atoms with Crippen molar-refractivity contribution in [3.05, 3.63) is 64.0 Å². The van der Waals surface area contributed by atoms with Crippen molar-refractivity contribution in [2.24, 2.45) is 0 Å². The highest BCUT2D eigenvalue weighted by Crippen LogP contribution is 2.41. The Kier molecular flexibility index (Phi) is 4.39. The van der Waals surface area contributed by atoms with Crippen LogP contribution in [0.15, 0.2) is 42.5 Å². The number of amides is 2. The summed E-state index contributed by atoms with van der Waals surface area (Å²) in [5, 5.41) is 9.77. The predicted octanol–water partition coefficient (Wildman–Crippen LogP) is 4.27. The molecule has 0 fully saturated rings. The molecular formula is C22H21N3O3S. The molecule has 6 nitrogen and oxygen atoms in total. The van der Waals surface area contributed by atoms with Crippen LogP contribution in [0.25, 0.3) is 10.8 Å². The number of anilines is 1. The standard InChI is InChI=1S/C22H21N3O3S/c1-2-28-22(27)25-10-9-16-17(12-25)29-21-18(16)20(26)23-19(24-21)15-8-7-13-5-3-4-6-14(13)11-15/h3-8,11,19,24H,2,9-10,12H2,1H3,(H,23,26). The molecule has 1 aromatic heterocycles. The van der Waals surface area contributed by atoms with E-state index < -0.39 is 0 Å². The molecule has 2 aromatic carbocycles. The summed E-state index contributed by atoms with van der Waals surface area (Å²) in [6.45, 7) is 3.22. The number of nitrogens with one attached hydrogen (secondary N) is 2. The molecule has 3 aromatic rings. The highest BCUT2D eigenvalue weighted by atomic mass is 32.1. The van der Waals surface area contributed by atoms with Crippen LogP contribution in [-0.4, -0.2) is 30.1 Å². The molecule has 2 aliphatic rings. The topological polar surface area (TPSA) is 70.7 Å². The van der Waals surface area contributed by atoms with E-state index in [0.717, 1.165) is 32.0 Å². The zero-order valence-corrected chi connectivity index (χ0v) is 16.8. The van der Waals surface area contributed by atoms with Gasteiger partial charge in [-0.3, -0.25) is 4.79 Å². The first-order valence-corrected chi connectivity index (χ1v) is 10.6. The lowest BCUT2D eigenvalue weighted by molar-refractivity contribution is 0.0934. The lowest BCUT2D eigenvalue weighted by Crippen LogP contribution is -2.39. The van der Waals surface area contributed by atoms with Crippen LogP contribution in [0.3, 0.4) is 0 Å². The molecule has 0 radical (unpaired) electrons. The van der Waals surface area contributed by atoms with Crippen LogP contribution in [0, 0.1) is 0 Å². The quantitative estimate of drug-likeness (QED) is 0.666. The third-order valence-electron chi connectivity index (χ3n) is 5.47. The molecule has 0 aliphatic carbocycles. The SMILES string of the molecule is CCOC(=O)N1CCc2c(sc3c2C(=O)NC(c2ccc4ccccc4c2)N3)C1. The van der Waals surface area contributed by atoms with Gasteiger partial charge in [-0.1, -0.05) is 36.4 Å². The molecule has 5 rings (SSSR count). The van der Waals surface area contributed by atoms with Crippen LogP contribution in [0.2, 0.25) is 0 Å². The molecule has 0 spiro atoms. The van der Waals surface area contributed by atoms with Gasteiger partial charge in [-0.25, -0.2) is 4.79 Å². The molecule has 0 saturated heterocycles. The lowest BCUT2D eigenvalue weighted by Gasteiger charge is -2.28. The number of hydrogen-bond donors (Lipinski definition) is 2. The monoisotopic (exact) mass is 407 g/mol. The lowest BCUT2D eigenvalue weighted by atomic mass is 10.00. The van der Waals surface area contributed by atoms with Crippen LogP contribution in [0.1, 0.15) is 39.5 Å². The first-order valence-electron chi connectivity index (χ1n) is 9.76. The minimum Gasteiger partial charge on any atom is -0.450 e. The molecule has 148 valence electrons. The van der Waals surface area contributed by atoms with E-state index in [-0.39, 0.29) is 18.2 Å². The van der Waals surface area contributed by atoms with Crippen molar-refractivity contribution < 1.29 is 14.3 Å². The number of carbonyl (C=O) groups excluding carboxylic acids is 2. The van der Waals surface area contributed by atoms with E-state index in [1.807, 2.05) is 18.2 Å². The largest absolute Gasteiger partial charge is 0.450 e. The highest BCUT2D eigenvalue weighted by Gasteiger charge is 2.34. The number of benzene rings is 2. The molecule has 7 heteroatoms. The molecule has 2 N–H and O–H groups in total. The summed E-state index contributed by atoms with van der Waals surface area (Å²) in [7, 11) is 0. The van der Waals surface area contributed by atoms with Crippen LogP contribution in [0.4, 0.5) is 9.80 Å². The zero-order valence-electron chi connectivity index (χ0n) is 16.0. The predicted molar refractivity (Wildman–Crippen MR) is 113 cm³/mol. The maximum atomic E-state index is 12.9. The fourth-order valence-electron chi connectivity index (χ4n) is 4.04. The van der Waals surface area contributed by atoms with Gasteiger partial charge in [-0.15, -0.1) is 11.3 Å².